The lowest BCUT2D eigenvalue weighted by Crippen LogP contribution is -2.16. The Labute approximate surface area is 346 Å². The van der Waals surface area contributed by atoms with E-state index in [2.05, 4.69) is 15.4 Å². The van der Waals surface area contributed by atoms with Gasteiger partial charge in [0.15, 0.2) is 34.6 Å². The van der Waals surface area contributed by atoms with Gasteiger partial charge in [-0.25, -0.2) is 9.59 Å². The Hall–Kier alpha value is -8.66. The molecule has 6 aromatic rings. The van der Waals surface area contributed by atoms with E-state index in [9.17, 15) is 59.4 Å². The summed E-state index contributed by atoms with van der Waals surface area (Å²) in [5.74, 6) is -6.15. The smallest absolute Gasteiger partial charge is 0.341 e. The van der Waals surface area contributed by atoms with Gasteiger partial charge in [-0.15, -0.1) is 0 Å². The SMILES string of the molecule is COC(=O)c1cc(-c2ccc(NC(=O)CC(=O)c3ccc(O)c(O)c3)cc2)ccc1O.O=C(CC(=O)c1ccc(O)c(O)c1)Nc1ccc(-c2ccc(O)c(C(=O)O)c2)cc1. The number of amides is 2. The normalized spacial score (nSPS) is 10.4. The summed E-state index contributed by atoms with van der Waals surface area (Å²) in [6, 6.07) is 29.1. The van der Waals surface area contributed by atoms with Crippen molar-refractivity contribution < 1.29 is 69.2 Å². The summed E-state index contributed by atoms with van der Waals surface area (Å²) in [6.07, 6.45) is -0.891. The topological polar surface area (TPSA) is 277 Å². The number of anilines is 2. The molecule has 0 aliphatic rings. The number of hydrogen-bond donors (Lipinski definition) is 9. The number of carbonyl (C=O) groups excluding carboxylic acids is 5. The third-order valence-electron chi connectivity index (χ3n) is 8.87. The molecule has 0 aliphatic carbocycles. The Morgan fingerprint density at radius 3 is 1.18 bits per heavy atom. The Morgan fingerprint density at radius 1 is 0.443 bits per heavy atom. The first-order valence-corrected chi connectivity index (χ1v) is 17.9. The molecule has 310 valence electrons. The van der Waals surface area contributed by atoms with E-state index in [1.165, 1.54) is 49.6 Å². The highest BCUT2D eigenvalue weighted by Gasteiger charge is 2.17. The van der Waals surface area contributed by atoms with Crippen LogP contribution >= 0.6 is 0 Å². The Morgan fingerprint density at radius 2 is 0.803 bits per heavy atom. The monoisotopic (exact) mass is 828 g/mol. The van der Waals surface area contributed by atoms with Crippen molar-refractivity contribution >= 4 is 46.7 Å². The number of benzene rings is 6. The minimum atomic E-state index is -1.25. The largest absolute Gasteiger partial charge is 0.507 e. The molecule has 61 heavy (non-hydrogen) atoms. The van der Waals surface area contributed by atoms with Crippen molar-refractivity contribution in [3.8, 4) is 56.8 Å². The number of carbonyl (C=O) groups is 6. The van der Waals surface area contributed by atoms with Crippen molar-refractivity contribution in [1.29, 1.82) is 0 Å². The van der Waals surface area contributed by atoms with Gasteiger partial charge in [0.2, 0.25) is 11.8 Å². The first-order valence-electron chi connectivity index (χ1n) is 17.9. The lowest BCUT2D eigenvalue weighted by Gasteiger charge is -2.09. The number of Topliss-reactive ketones (excluding diaryl/α,β-unsaturated/α-hetero) is 2. The molecule has 0 fully saturated rings. The number of methoxy groups -OCH3 is 1. The quantitative estimate of drug-likeness (QED) is 0.0264. The van der Waals surface area contributed by atoms with Crippen molar-refractivity contribution in [2.75, 3.05) is 17.7 Å². The first-order chi connectivity index (χ1) is 29.0. The van der Waals surface area contributed by atoms with Crippen LogP contribution in [0.5, 0.6) is 34.5 Å². The number of aromatic hydroxyl groups is 6. The molecular formula is C45H36N2O14. The number of ether oxygens (including phenoxy) is 1. The van der Waals surface area contributed by atoms with Gasteiger partial charge < -0.3 is 51.1 Å². The highest BCUT2D eigenvalue weighted by molar-refractivity contribution is 6.12. The molecule has 0 radical (unpaired) electrons. The van der Waals surface area contributed by atoms with E-state index in [1.807, 2.05) is 0 Å². The molecule has 0 unspecified atom stereocenters. The molecule has 2 amide bonds. The number of nitrogens with one attached hydrogen (secondary N) is 2. The Balaban J connectivity index is 0.000000231. The summed E-state index contributed by atoms with van der Waals surface area (Å²) in [5.41, 5.74) is 3.56. The fourth-order valence-corrected chi connectivity index (χ4v) is 5.67. The number of hydrogen-bond acceptors (Lipinski definition) is 13. The zero-order valence-electron chi connectivity index (χ0n) is 31.9. The van der Waals surface area contributed by atoms with Crippen LogP contribution in [0.4, 0.5) is 11.4 Å². The molecule has 0 spiro atoms. The second kappa shape index (κ2) is 19.2. The molecule has 0 saturated heterocycles. The van der Waals surface area contributed by atoms with Gasteiger partial charge in [0, 0.05) is 22.5 Å². The summed E-state index contributed by atoms with van der Waals surface area (Å²) in [4.78, 5) is 71.5. The van der Waals surface area contributed by atoms with Crippen molar-refractivity contribution in [3.63, 3.8) is 0 Å². The Bertz CT molecular complexity index is 2660. The third-order valence-corrected chi connectivity index (χ3v) is 8.87. The number of carboxylic acids is 1. The molecular weight excluding hydrogens is 792 g/mol. The molecule has 0 heterocycles. The van der Waals surface area contributed by atoms with Gasteiger partial charge in [-0.05, 0) is 107 Å². The van der Waals surface area contributed by atoms with Crippen LogP contribution in [0.2, 0.25) is 0 Å². The molecule has 0 aliphatic heterocycles. The van der Waals surface area contributed by atoms with E-state index in [-0.39, 0.29) is 45.3 Å². The van der Waals surface area contributed by atoms with Crippen molar-refractivity contribution in [1.82, 2.24) is 0 Å². The van der Waals surface area contributed by atoms with E-state index in [1.54, 1.807) is 60.7 Å². The second-order valence-corrected chi connectivity index (χ2v) is 13.1. The summed E-state index contributed by atoms with van der Waals surface area (Å²) < 4.78 is 4.65. The minimum absolute atomic E-state index is 0.0381. The van der Waals surface area contributed by atoms with Crippen LogP contribution in [0.25, 0.3) is 22.3 Å². The summed E-state index contributed by atoms with van der Waals surface area (Å²) >= 11 is 0. The summed E-state index contributed by atoms with van der Waals surface area (Å²) in [6.45, 7) is 0. The fourth-order valence-electron chi connectivity index (χ4n) is 5.67. The highest BCUT2D eigenvalue weighted by Crippen LogP contribution is 2.30. The van der Waals surface area contributed by atoms with E-state index in [4.69, 9.17) is 5.11 Å². The maximum Gasteiger partial charge on any atom is 0.341 e. The van der Waals surface area contributed by atoms with E-state index in [0.29, 0.717) is 28.1 Å². The molecule has 0 bridgehead atoms. The van der Waals surface area contributed by atoms with Crippen LogP contribution in [0.1, 0.15) is 54.3 Å². The van der Waals surface area contributed by atoms with Gasteiger partial charge in [0.25, 0.3) is 0 Å². The maximum atomic E-state index is 12.2. The van der Waals surface area contributed by atoms with Crippen LogP contribution in [0, 0.1) is 0 Å². The average molecular weight is 829 g/mol. The van der Waals surface area contributed by atoms with Crippen LogP contribution in [-0.4, -0.2) is 78.2 Å². The molecule has 16 heteroatoms. The zero-order chi connectivity index (χ0) is 44.4. The van der Waals surface area contributed by atoms with Crippen LogP contribution in [-0.2, 0) is 14.3 Å². The predicted octanol–water partition coefficient (Wildman–Crippen LogP) is 6.85. The number of esters is 1. The molecule has 16 nitrogen and oxygen atoms in total. The van der Waals surface area contributed by atoms with E-state index in [0.717, 1.165) is 23.8 Å². The van der Waals surface area contributed by atoms with Gasteiger partial charge in [0.1, 0.15) is 22.6 Å². The van der Waals surface area contributed by atoms with Crippen LogP contribution in [0.15, 0.2) is 121 Å². The minimum Gasteiger partial charge on any atom is -0.507 e. The lowest BCUT2D eigenvalue weighted by molar-refractivity contribution is -0.116. The number of phenols is 6. The average Bonchev–Trinajstić information content (AvgIpc) is 3.23. The second-order valence-electron chi connectivity index (χ2n) is 13.1. The highest BCUT2D eigenvalue weighted by atomic mass is 16.5. The first kappa shape index (κ1) is 43.5. The van der Waals surface area contributed by atoms with Gasteiger partial charge in [-0.3, -0.25) is 19.2 Å². The lowest BCUT2D eigenvalue weighted by atomic mass is 10.0. The van der Waals surface area contributed by atoms with E-state index < -0.39 is 59.7 Å². The molecule has 6 aromatic carbocycles. The van der Waals surface area contributed by atoms with Gasteiger partial charge in [0.05, 0.1) is 20.0 Å². The number of carboxylic acid groups (broad SMARTS) is 1. The number of ketones is 2. The van der Waals surface area contributed by atoms with Crippen molar-refractivity contribution in [2.45, 2.75) is 12.8 Å². The molecule has 0 saturated carbocycles. The van der Waals surface area contributed by atoms with Gasteiger partial charge in [-0.1, -0.05) is 36.4 Å². The fraction of sp³-hybridized carbons (Fsp3) is 0.0667. The molecule has 9 N–H and O–H groups in total. The standard InChI is InChI=1S/C23H19NO7.C22H17NO7/c1-31-23(30)17-10-14(4-8-18(17)25)13-2-6-16(7-3-13)24-22(29)12-20(27)15-5-9-19(26)21(28)11-15;24-17-7-3-13(9-16(17)22(29)30)12-1-5-15(6-2-12)23-21(28)11-19(26)14-4-8-18(25)20(27)10-14/h2-11,25-26,28H,12H2,1H3,(H,24,29);1-10,24-25,27H,11H2,(H,23,28)(H,29,30). The molecule has 0 aromatic heterocycles. The Kier molecular flexibility index (Phi) is 13.7. The van der Waals surface area contributed by atoms with Gasteiger partial charge in [-0.2, -0.15) is 0 Å². The number of aromatic carboxylic acids is 1. The number of rotatable bonds is 12. The van der Waals surface area contributed by atoms with Crippen LogP contribution in [0.3, 0.4) is 0 Å². The molecule has 0 atom stereocenters. The summed E-state index contributed by atoms with van der Waals surface area (Å²) in [5, 5.41) is 71.2. The summed E-state index contributed by atoms with van der Waals surface area (Å²) in [7, 11) is 1.22. The predicted molar refractivity (Wildman–Crippen MR) is 220 cm³/mol. The molecule has 6 rings (SSSR count). The maximum absolute atomic E-state index is 12.2. The third kappa shape index (κ3) is 11.3. The van der Waals surface area contributed by atoms with Crippen molar-refractivity contribution in [3.05, 3.63) is 144 Å². The van der Waals surface area contributed by atoms with Gasteiger partial charge >= 0.3 is 11.9 Å². The van der Waals surface area contributed by atoms with Crippen molar-refractivity contribution in [2.24, 2.45) is 0 Å². The number of phenolic OH excluding ortho intramolecular Hbond substituents is 5. The van der Waals surface area contributed by atoms with Crippen LogP contribution < -0.4 is 10.6 Å². The zero-order valence-corrected chi connectivity index (χ0v) is 31.9. The van der Waals surface area contributed by atoms with E-state index >= 15 is 0 Å².